The predicted molar refractivity (Wildman–Crippen MR) is 68.4 cm³/mol. The van der Waals surface area contributed by atoms with Crippen LogP contribution in [0.1, 0.15) is 26.7 Å². The van der Waals surface area contributed by atoms with E-state index in [1.807, 2.05) is 7.05 Å². The lowest BCUT2D eigenvalue weighted by Gasteiger charge is -2.23. The zero-order chi connectivity index (χ0) is 11.7. The summed E-state index contributed by atoms with van der Waals surface area (Å²) in [6.07, 6.45) is 2.51. The molecule has 0 amide bonds. The Bertz CT molecular complexity index is 137. The van der Waals surface area contributed by atoms with Crippen molar-refractivity contribution in [3.63, 3.8) is 0 Å². The third kappa shape index (κ3) is 8.85. The lowest BCUT2D eigenvalue weighted by atomic mass is 10.3. The molecule has 3 heteroatoms. The van der Waals surface area contributed by atoms with Crippen molar-refractivity contribution in [1.29, 1.82) is 0 Å². The summed E-state index contributed by atoms with van der Waals surface area (Å²) in [6.45, 7) is 9.23. The average Bonchev–Trinajstić information content (AvgIpc) is 2.18. The van der Waals surface area contributed by atoms with Crippen molar-refractivity contribution in [3.8, 4) is 0 Å². The van der Waals surface area contributed by atoms with E-state index in [0.29, 0.717) is 6.04 Å². The maximum Gasteiger partial charge on any atom is 0.00355 e. The lowest BCUT2D eigenvalue weighted by Crippen LogP contribution is -2.30. The van der Waals surface area contributed by atoms with Crippen LogP contribution in [-0.2, 0) is 0 Å². The molecule has 1 N–H and O–H groups in total. The summed E-state index contributed by atoms with van der Waals surface area (Å²) in [5.41, 5.74) is 0. The second kappa shape index (κ2) is 9.13. The van der Waals surface area contributed by atoms with Crippen LogP contribution in [0.4, 0.5) is 0 Å². The normalized spacial score (nSPS) is 12.0. The minimum atomic E-state index is 0.666. The molecule has 0 aromatic carbocycles. The van der Waals surface area contributed by atoms with Crippen LogP contribution in [0.5, 0.6) is 0 Å². The molecule has 0 atom stereocenters. The van der Waals surface area contributed by atoms with E-state index in [2.05, 4.69) is 43.1 Å². The summed E-state index contributed by atoms with van der Waals surface area (Å²) in [6, 6.07) is 0.666. The Kier molecular flexibility index (Phi) is 9.06. The minimum Gasteiger partial charge on any atom is -0.320 e. The van der Waals surface area contributed by atoms with Crippen LogP contribution >= 0.6 is 0 Å². The molecule has 0 rings (SSSR count). The highest BCUT2D eigenvalue weighted by Crippen LogP contribution is 1.96. The highest BCUT2D eigenvalue weighted by molar-refractivity contribution is 4.59. The van der Waals surface area contributed by atoms with E-state index in [1.165, 1.54) is 32.5 Å². The zero-order valence-corrected chi connectivity index (χ0v) is 11.2. The van der Waals surface area contributed by atoms with Crippen molar-refractivity contribution in [3.05, 3.63) is 0 Å². The number of hydrogen-bond donors (Lipinski definition) is 1. The third-order valence-corrected chi connectivity index (χ3v) is 2.90. The summed E-state index contributed by atoms with van der Waals surface area (Å²) >= 11 is 0. The number of nitrogens with zero attached hydrogens (tertiary/aromatic N) is 2. The lowest BCUT2D eigenvalue weighted by molar-refractivity contribution is 0.244. The number of nitrogens with one attached hydrogen (secondary N) is 1. The fourth-order valence-electron chi connectivity index (χ4n) is 1.49. The van der Waals surface area contributed by atoms with Crippen LogP contribution in [0, 0.1) is 0 Å². The molecule has 3 nitrogen and oxygen atoms in total. The van der Waals surface area contributed by atoms with Gasteiger partial charge in [0, 0.05) is 6.04 Å². The molecule has 0 aliphatic heterocycles. The maximum absolute atomic E-state index is 3.18. The molecule has 0 heterocycles. The van der Waals surface area contributed by atoms with Crippen molar-refractivity contribution in [2.75, 3.05) is 47.3 Å². The summed E-state index contributed by atoms with van der Waals surface area (Å²) in [5.74, 6) is 0. The molecule has 0 radical (unpaired) electrons. The smallest absolute Gasteiger partial charge is 0.00355 e. The topological polar surface area (TPSA) is 18.5 Å². The van der Waals surface area contributed by atoms with Crippen molar-refractivity contribution in [2.24, 2.45) is 0 Å². The summed E-state index contributed by atoms with van der Waals surface area (Å²) in [4.78, 5) is 4.83. The fraction of sp³-hybridized carbons (Fsp3) is 1.00. The molecule has 0 saturated carbocycles. The van der Waals surface area contributed by atoms with Crippen LogP contribution in [0.2, 0.25) is 0 Å². The van der Waals surface area contributed by atoms with Crippen LogP contribution in [0.25, 0.3) is 0 Å². The van der Waals surface area contributed by atoms with Crippen molar-refractivity contribution in [1.82, 2.24) is 15.1 Å². The van der Waals surface area contributed by atoms with Crippen LogP contribution < -0.4 is 5.32 Å². The standard InChI is InChI=1S/C12H29N3/c1-12(2)15(5)11-7-10-14(4)9-6-8-13-3/h12-13H,6-11H2,1-5H3. The molecule has 0 spiro atoms. The molecular weight excluding hydrogens is 186 g/mol. The first-order valence-corrected chi connectivity index (χ1v) is 6.11. The first kappa shape index (κ1) is 14.9. The molecule has 0 fully saturated rings. The molecule has 92 valence electrons. The molecule has 0 bridgehead atoms. The van der Waals surface area contributed by atoms with Crippen LogP contribution in [-0.4, -0.2) is 63.2 Å². The largest absolute Gasteiger partial charge is 0.320 e. The maximum atomic E-state index is 3.18. The Labute approximate surface area is 95.8 Å². The van der Waals surface area contributed by atoms with Crippen molar-refractivity contribution >= 4 is 0 Å². The van der Waals surface area contributed by atoms with Crippen LogP contribution in [0.3, 0.4) is 0 Å². The van der Waals surface area contributed by atoms with Gasteiger partial charge in [-0.25, -0.2) is 0 Å². The van der Waals surface area contributed by atoms with Gasteiger partial charge in [-0.1, -0.05) is 0 Å². The summed E-state index contributed by atoms with van der Waals surface area (Å²) in [5, 5.41) is 3.18. The van der Waals surface area contributed by atoms with Gasteiger partial charge in [0.15, 0.2) is 0 Å². The Morgan fingerprint density at radius 3 is 2.13 bits per heavy atom. The summed E-state index contributed by atoms with van der Waals surface area (Å²) in [7, 11) is 6.42. The molecule has 0 aromatic rings. The molecule has 0 saturated heterocycles. The minimum absolute atomic E-state index is 0.666. The first-order valence-electron chi connectivity index (χ1n) is 6.11. The monoisotopic (exact) mass is 215 g/mol. The SMILES string of the molecule is CNCCCN(C)CCCN(C)C(C)C. The number of rotatable bonds is 9. The van der Waals surface area contributed by atoms with Gasteiger partial charge in [-0.3, -0.25) is 0 Å². The number of hydrogen-bond acceptors (Lipinski definition) is 3. The average molecular weight is 215 g/mol. The predicted octanol–water partition coefficient (Wildman–Crippen LogP) is 1.26. The Hall–Kier alpha value is -0.120. The van der Waals surface area contributed by atoms with E-state index in [9.17, 15) is 0 Å². The Morgan fingerprint density at radius 1 is 1.00 bits per heavy atom. The molecule has 0 aliphatic carbocycles. The van der Waals surface area contributed by atoms with Gasteiger partial charge >= 0.3 is 0 Å². The highest BCUT2D eigenvalue weighted by atomic mass is 15.1. The molecular formula is C12H29N3. The quantitative estimate of drug-likeness (QED) is 0.584. The molecule has 15 heavy (non-hydrogen) atoms. The van der Waals surface area contributed by atoms with Gasteiger partial charge in [0.05, 0.1) is 0 Å². The van der Waals surface area contributed by atoms with Gasteiger partial charge in [0.1, 0.15) is 0 Å². The second-order valence-corrected chi connectivity index (χ2v) is 4.69. The van der Waals surface area contributed by atoms with E-state index < -0.39 is 0 Å². The summed E-state index contributed by atoms with van der Waals surface area (Å²) < 4.78 is 0. The Morgan fingerprint density at radius 2 is 1.60 bits per heavy atom. The van der Waals surface area contributed by atoms with Gasteiger partial charge in [-0.2, -0.15) is 0 Å². The third-order valence-electron chi connectivity index (χ3n) is 2.90. The highest BCUT2D eigenvalue weighted by Gasteiger charge is 2.03. The van der Waals surface area contributed by atoms with Crippen LogP contribution in [0.15, 0.2) is 0 Å². The zero-order valence-electron chi connectivity index (χ0n) is 11.2. The van der Waals surface area contributed by atoms with Crippen molar-refractivity contribution < 1.29 is 0 Å². The first-order chi connectivity index (χ1) is 7.07. The van der Waals surface area contributed by atoms with E-state index in [4.69, 9.17) is 0 Å². The van der Waals surface area contributed by atoms with Gasteiger partial charge < -0.3 is 15.1 Å². The molecule has 0 aliphatic rings. The van der Waals surface area contributed by atoms with Gasteiger partial charge in [-0.15, -0.1) is 0 Å². The van der Waals surface area contributed by atoms with Gasteiger partial charge in [0.2, 0.25) is 0 Å². The van der Waals surface area contributed by atoms with E-state index >= 15 is 0 Å². The molecule has 0 aromatic heterocycles. The molecule has 0 unspecified atom stereocenters. The fourth-order valence-corrected chi connectivity index (χ4v) is 1.49. The Balaban J connectivity index is 3.34. The van der Waals surface area contributed by atoms with Gasteiger partial charge in [0.25, 0.3) is 0 Å². The van der Waals surface area contributed by atoms with E-state index in [0.717, 1.165) is 6.54 Å². The van der Waals surface area contributed by atoms with E-state index in [-0.39, 0.29) is 0 Å². The second-order valence-electron chi connectivity index (χ2n) is 4.69. The van der Waals surface area contributed by atoms with E-state index in [1.54, 1.807) is 0 Å². The van der Waals surface area contributed by atoms with Crippen molar-refractivity contribution in [2.45, 2.75) is 32.7 Å². The van der Waals surface area contributed by atoms with Gasteiger partial charge in [-0.05, 0) is 74.0 Å².